The van der Waals surface area contributed by atoms with Crippen LogP contribution in [0, 0.1) is 0 Å². The summed E-state index contributed by atoms with van der Waals surface area (Å²) in [5.41, 5.74) is 0. The van der Waals surface area contributed by atoms with Gasteiger partial charge >= 0.3 is 6.18 Å². The topological polar surface area (TPSA) is 0 Å². The molecule has 0 fully saturated rings. The van der Waals surface area contributed by atoms with Crippen molar-refractivity contribution < 1.29 is 13.2 Å². The van der Waals surface area contributed by atoms with Crippen molar-refractivity contribution in [3.63, 3.8) is 0 Å². The molecule has 0 N–H and O–H groups in total. The summed E-state index contributed by atoms with van der Waals surface area (Å²) in [4.78, 5) is 0. The smallest absolute Gasteiger partial charge is 0.171 e. The van der Waals surface area contributed by atoms with E-state index in [1.54, 1.807) is 0 Å². The van der Waals surface area contributed by atoms with E-state index in [0.29, 0.717) is 0 Å². The molecule has 0 bridgehead atoms. The van der Waals surface area contributed by atoms with Crippen LogP contribution < -0.4 is 0 Å². The quantitative estimate of drug-likeness (QED) is 0.496. The van der Waals surface area contributed by atoms with Crippen LogP contribution in [0.2, 0.25) is 6.04 Å². The largest absolute Gasteiger partial charge is 0.388 e. The lowest BCUT2D eigenvalue weighted by Gasteiger charge is -2.04. The van der Waals surface area contributed by atoms with Gasteiger partial charge in [0.05, 0.1) is 14.0 Å². The molecular weight excluding hydrogens is 204 g/mol. The fourth-order valence-electron chi connectivity index (χ4n) is 0.457. The highest BCUT2D eigenvalue weighted by molar-refractivity contribution is 6.68. The Labute approximate surface area is 69.5 Å². The van der Waals surface area contributed by atoms with Crippen molar-refractivity contribution in [1.29, 1.82) is 0 Å². The maximum atomic E-state index is 11.4. The Morgan fingerprint density at radius 3 is 2.10 bits per heavy atom. The Kier molecular flexibility index (Phi) is 4.72. The summed E-state index contributed by atoms with van der Waals surface area (Å²) in [6, 6.07) is 0.140. The second kappa shape index (κ2) is 4.46. The van der Waals surface area contributed by atoms with E-state index in [1.807, 2.05) is 0 Å². The van der Waals surface area contributed by atoms with Gasteiger partial charge in [-0.1, -0.05) is 6.04 Å². The third-order valence-electron chi connectivity index (χ3n) is 0.883. The molecule has 0 aliphatic heterocycles. The lowest BCUT2D eigenvalue weighted by Crippen LogP contribution is -2.10. The molecule has 0 aliphatic rings. The van der Waals surface area contributed by atoms with E-state index < -0.39 is 26.6 Å². The van der Waals surface area contributed by atoms with Crippen LogP contribution in [0.15, 0.2) is 0 Å². The van der Waals surface area contributed by atoms with Crippen molar-refractivity contribution in [2.75, 3.05) is 0 Å². The second-order valence-electron chi connectivity index (χ2n) is 1.90. The Balaban J connectivity index is 3.21. The molecule has 0 radical (unpaired) electrons. The van der Waals surface area contributed by atoms with Gasteiger partial charge in [0.25, 0.3) is 0 Å². The fourth-order valence-corrected chi connectivity index (χ4v) is 2.30. The molecule has 0 aromatic carbocycles. The SMILES string of the molecule is FC(F)(F)CC[SiH2]C(Cl)Cl. The lowest BCUT2D eigenvalue weighted by molar-refractivity contribution is -0.130. The zero-order chi connectivity index (χ0) is 8.20. The first-order chi connectivity index (χ1) is 4.42. The highest BCUT2D eigenvalue weighted by atomic mass is 35.5. The molecule has 0 aromatic heterocycles. The van der Waals surface area contributed by atoms with Crippen molar-refractivity contribution >= 4 is 32.7 Å². The average molecular weight is 211 g/mol. The van der Waals surface area contributed by atoms with Crippen LogP contribution in [-0.2, 0) is 0 Å². The highest BCUT2D eigenvalue weighted by Gasteiger charge is 2.26. The molecule has 0 amide bonds. The van der Waals surface area contributed by atoms with E-state index in [4.69, 9.17) is 23.2 Å². The minimum absolute atomic E-state index is 0.140. The Bertz CT molecular complexity index is 93.0. The van der Waals surface area contributed by atoms with Gasteiger partial charge in [0.2, 0.25) is 0 Å². The van der Waals surface area contributed by atoms with E-state index >= 15 is 0 Å². The Morgan fingerprint density at radius 2 is 1.80 bits per heavy atom. The molecule has 0 aromatic rings. The van der Waals surface area contributed by atoms with Crippen LogP contribution in [0.1, 0.15) is 6.42 Å². The number of rotatable bonds is 3. The molecule has 0 unspecified atom stereocenters. The molecule has 0 heterocycles. The van der Waals surface area contributed by atoms with E-state index in [1.165, 1.54) is 0 Å². The van der Waals surface area contributed by atoms with Crippen molar-refractivity contribution in [3.8, 4) is 0 Å². The molecule has 0 rings (SSSR count). The van der Waals surface area contributed by atoms with Crippen molar-refractivity contribution in [3.05, 3.63) is 0 Å². The van der Waals surface area contributed by atoms with Crippen molar-refractivity contribution in [2.45, 2.75) is 23.1 Å². The maximum absolute atomic E-state index is 11.4. The number of hydrogen-bond donors (Lipinski definition) is 0. The van der Waals surface area contributed by atoms with Crippen LogP contribution in [0.5, 0.6) is 0 Å². The van der Waals surface area contributed by atoms with Crippen molar-refractivity contribution in [2.24, 2.45) is 0 Å². The first-order valence-electron chi connectivity index (χ1n) is 2.77. The molecule has 6 heteroatoms. The van der Waals surface area contributed by atoms with Gasteiger partial charge < -0.3 is 0 Å². The van der Waals surface area contributed by atoms with E-state index in [-0.39, 0.29) is 6.04 Å². The third-order valence-corrected chi connectivity index (χ3v) is 3.39. The molecular formula is C4H7Cl2F3Si. The summed E-state index contributed by atoms with van der Waals surface area (Å²) in [5, 5.41) is 0. The molecule has 0 saturated carbocycles. The van der Waals surface area contributed by atoms with E-state index in [9.17, 15) is 13.2 Å². The van der Waals surface area contributed by atoms with Crippen LogP contribution in [0.25, 0.3) is 0 Å². The van der Waals surface area contributed by atoms with Crippen LogP contribution >= 0.6 is 23.2 Å². The average Bonchev–Trinajstić information content (AvgIpc) is 1.59. The molecule has 0 spiro atoms. The number of halogens is 5. The Morgan fingerprint density at radius 1 is 1.30 bits per heavy atom. The zero-order valence-electron chi connectivity index (χ0n) is 5.09. The normalized spacial score (nSPS) is 13.8. The summed E-state index contributed by atoms with van der Waals surface area (Å²) >= 11 is 10.5. The van der Waals surface area contributed by atoms with Crippen LogP contribution in [-0.4, -0.2) is 20.2 Å². The van der Waals surface area contributed by atoms with Gasteiger partial charge in [-0.25, -0.2) is 0 Å². The molecule has 0 atom stereocenters. The third kappa shape index (κ3) is 8.59. The highest BCUT2D eigenvalue weighted by Crippen LogP contribution is 2.22. The summed E-state index contributed by atoms with van der Waals surface area (Å²) in [6.45, 7) is 0. The van der Waals surface area contributed by atoms with Gasteiger partial charge in [-0.3, -0.25) is 0 Å². The van der Waals surface area contributed by atoms with Gasteiger partial charge in [-0.05, 0) is 0 Å². The summed E-state index contributed by atoms with van der Waals surface area (Å²) in [7, 11) is -0.923. The predicted molar refractivity (Wildman–Crippen MR) is 39.5 cm³/mol. The summed E-state index contributed by atoms with van der Waals surface area (Å²) < 4.78 is 33.8. The number of alkyl halides is 5. The molecule has 0 nitrogen and oxygen atoms in total. The minimum Gasteiger partial charge on any atom is -0.171 e. The standard InChI is InChI=1S/C4H7Cl2F3Si/c5-3(6)10-2-1-4(7,8)9/h3H,1-2,10H2. The van der Waals surface area contributed by atoms with Gasteiger partial charge in [-0.2, -0.15) is 13.2 Å². The van der Waals surface area contributed by atoms with Crippen molar-refractivity contribution in [1.82, 2.24) is 0 Å². The second-order valence-corrected chi connectivity index (χ2v) is 6.31. The first kappa shape index (κ1) is 10.6. The van der Waals surface area contributed by atoms with E-state index in [2.05, 4.69) is 0 Å². The van der Waals surface area contributed by atoms with Gasteiger partial charge in [-0.15, -0.1) is 23.2 Å². The van der Waals surface area contributed by atoms with E-state index in [0.717, 1.165) is 0 Å². The monoisotopic (exact) mass is 210 g/mol. The maximum Gasteiger partial charge on any atom is 0.388 e. The van der Waals surface area contributed by atoms with Crippen LogP contribution in [0.3, 0.4) is 0 Å². The summed E-state index contributed by atoms with van der Waals surface area (Å²) in [6.07, 6.45) is -4.79. The zero-order valence-corrected chi connectivity index (χ0v) is 8.01. The van der Waals surface area contributed by atoms with Gasteiger partial charge in [0.15, 0.2) is 0 Å². The fraction of sp³-hybridized carbons (Fsp3) is 1.00. The predicted octanol–water partition coefficient (Wildman–Crippen LogP) is 2.29. The summed E-state index contributed by atoms with van der Waals surface area (Å²) in [5.74, 6) is 0. The minimum atomic E-state index is -4.05. The Hall–Kier alpha value is 0.587. The van der Waals surface area contributed by atoms with Gasteiger partial charge in [0.1, 0.15) is 0 Å². The molecule has 10 heavy (non-hydrogen) atoms. The number of hydrogen-bond acceptors (Lipinski definition) is 0. The lowest BCUT2D eigenvalue weighted by atomic mass is 10.5. The van der Waals surface area contributed by atoms with Gasteiger partial charge in [0, 0.05) is 6.42 Å². The molecule has 62 valence electrons. The molecule has 0 aliphatic carbocycles. The van der Waals surface area contributed by atoms with Crippen LogP contribution in [0.4, 0.5) is 13.2 Å². The first-order valence-corrected chi connectivity index (χ1v) is 5.45. The molecule has 0 saturated heterocycles.